The van der Waals surface area contributed by atoms with Gasteiger partial charge in [-0.25, -0.2) is 4.79 Å². The fraction of sp³-hybridized carbons (Fsp3) is 0.391. The highest BCUT2D eigenvalue weighted by Crippen LogP contribution is 2.31. The number of esters is 1. The quantitative estimate of drug-likeness (QED) is 0.604. The number of hydrogen-bond donors (Lipinski definition) is 1. The molecule has 0 aromatic heterocycles. The van der Waals surface area contributed by atoms with Crippen LogP contribution in [0.25, 0.3) is 0 Å². The Hall–Kier alpha value is -2.77. The fourth-order valence-corrected chi connectivity index (χ4v) is 3.25. The second kappa shape index (κ2) is 10.5. The molecule has 0 aliphatic carbocycles. The summed E-state index contributed by atoms with van der Waals surface area (Å²) in [7, 11) is 1.48. The van der Waals surface area contributed by atoms with Crippen LogP contribution in [0.5, 0.6) is 11.5 Å². The molecule has 31 heavy (non-hydrogen) atoms. The van der Waals surface area contributed by atoms with E-state index < -0.39 is 18.0 Å². The molecule has 1 aliphatic heterocycles. The average molecular weight is 448 g/mol. The summed E-state index contributed by atoms with van der Waals surface area (Å²) in [5.41, 5.74) is 1.55. The lowest BCUT2D eigenvalue weighted by Crippen LogP contribution is -2.30. The molecule has 3 rings (SSSR count). The molecule has 1 fully saturated rings. The molecule has 1 aliphatic rings. The maximum Gasteiger partial charge on any atom is 0.338 e. The van der Waals surface area contributed by atoms with Crippen LogP contribution in [0.4, 0.5) is 5.69 Å². The van der Waals surface area contributed by atoms with Crippen molar-refractivity contribution in [2.24, 2.45) is 0 Å². The Balaban J connectivity index is 1.54. The van der Waals surface area contributed by atoms with E-state index in [1.807, 2.05) is 6.92 Å². The summed E-state index contributed by atoms with van der Waals surface area (Å²) in [6.45, 7) is 4.57. The van der Waals surface area contributed by atoms with Crippen LogP contribution in [0.3, 0.4) is 0 Å². The van der Waals surface area contributed by atoms with Crippen LogP contribution in [0.1, 0.15) is 35.7 Å². The van der Waals surface area contributed by atoms with Gasteiger partial charge in [0.1, 0.15) is 18.1 Å². The van der Waals surface area contributed by atoms with Gasteiger partial charge < -0.3 is 24.3 Å². The lowest BCUT2D eigenvalue weighted by molar-refractivity contribution is -0.123. The Morgan fingerprint density at radius 2 is 2.00 bits per heavy atom. The number of rotatable bonds is 8. The van der Waals surface area contributed by atoms with Gasteiger partial charge in [0.15, 0.2) is 6.10 Å². The predicted molar refractivity (Wildman–Crippen MR) is 117 cm³/mol. The Labute approximate surface area is 186 Å². The highest BCUT2D eigenvalue weighted by atomic mass is 35.5. The smallest absolute Gasteiger partial charge is 0.338 e. The highest BCUT2D eigenvalue weighted by Gasteiger charge is 2.21. The minimum Gasteiger partial charge on any atom is -0.495 e. The van der Waals surface area contributed by atoms with E-state index in [9.17, 15) is 9.59 Å². The first-order valence-corrected chi connectivity index (χ1v) is 10.5. The summed E-state index contributed by atoms with van der Waals surface area (Å²) < 4.78 is 21.8. The molecule has 2 atom stereocenters. The molecule has 166 valence electrons. The maximum atomic E-state index is 12.5. The molecule has 0 spiro atoms. The number of aryl methyl sites for hydroxylation is 1. The molecular weight excluding hydrogens is 422 g/mol. The van der Waals surface area contributed by atoms with Gasteiger partial charge in [0, 0.05) is 17.7 Å². The minimum absolute atomic E-state index is 0.118. The number of methoxy groups -OCH3 is 1. The van der Waals surface area contributed by atoms with E-state index in [-0.39, 0.29) is 6.10 Å². The third kappa shape index (κ3) is 6.12. The number of hydrogen-bond acceptors (Lipinski definition) is 6. The first-order chi connectivity index (χ1) is 14.9. The van der Waals surface area contributed by atoms with Crippen molar-refractivity contribution in [2.45, 2.75) is 38.9 Å². The van der Waals surface area contributed by atoms with Crippen LogP contribution in [0.15, 0.2) is 36.4 Å². The van der Waals surface area contributed by atoms with Crippen molar-refractivity contribution in [3.8, 4) is 11.5 Å². The van der Waals surface area contributed by atoms with Gasteiger partial charge in [-0.05, 0) is 62.6 Å². The molecule has 0 bridgehead atoms. The molecule has 1 amide bonds. The van der Waals surface area contributed by atoms with E-state index in [4.69, 9.17) is 30.5 Å². The summed E-state index contributed by atoms with van der Waals surface area (Å²) in [6.07, 6.45) is 1.15. The average Bonchev–Trinajstić information content (AvgIpc) is 3.28. The number of carbonyl (C=O) groups excluding carboxylic acids is 2. The molecule has 0 radical (unpaired) electrons. The number of amides is 1. The van der Waals surface area contributed by atoms with Crippen molar-refractivity contribution < 1.29 is 28.5 Å². The van der Waals surface area contributed by atoms with Gasteiger partial charge >= 0.3 is 5.97 Å². The summed E-state index contributed by atoms with van der Waals surface area (Å²) in [5.74, 6) is -0.0263. The molecule has 1 N–H and O–H groups in total. The van der Waals surface area contributed by atoms with E-state index in [0.717, 1.165) is 25.0 Å². The number of anilines is 1. The number of ether oxygens (including phenoxy) is 4. The van der Waals surface area contributed by atoms with Gasteiger partial charge in [-0.15, -0.1) is 0 Å². The number of nitrogens with one attached hydrogen (secondary N) is 1. The number of carbonyl (C=O) groups is 2. The van der Waals surface area contributed by atoms with Crippen LogP contribution < -0.4 is 14.8 Å². The van der Waals surface area contributed by atoms with E-state index >= 15 is 0 Å². The first-order valence-electron chi connectivity index (χ1n) is 10.1. The van der Waals surface area contributed by atoms with E-state index in [1.54, 1.807) is 36.4 Å². The van der Waals surface area contributed by atoms with Gasteiger partial charge in [0.05, 0.1) is 24.5 Å². The molecule has 8 heteroatoms. The molecule has 2 aromatic rings. The molecule has 1 heterocycles. The van der Waals surface area contributed by atoms with Crippen molar-refractivity contribution in [3.63, 3.8) is 0 Å². The predicted octanol–water partition coefficient (Wildman–Crippen LogP) is 4.40. The Bertz CT molecular complexity index is 924. The molecular formula is C23H26ClNO6. The molecule has 0 saturated carbocycles. The monoisotopic (exact) mass is 447 g/mol. The molecule has 7 nitrogen and oxygen atoms in total. The Morgan fingerprint density at radius 1 is 1.26 bits per heavy atom. The maximum absolute atomic E-state index is 12.5. The normalized spacial score (nSPS) is 16.5. The van der Waals surface area contributed by atoms with Gasteiger partial charge in [0.25, 0.3) is 5.91 Å². The highest BCUT2D eigenvalue weighted by molar-refractivity contribution is 6.31. The lowest BCUT2D eigenvalue weighted by atomic mass is 10.2. The summed E-state index contributed by atoms with van der Waals surface area (Å²) in [4.78, 5) is 24.9. The van der Waals surface area contributed by atoms with Gasteiger partial charge in [-0.2, -0.15) is 0 Å². The van der Waals surface area contributed by atoms with Crippen LogP contribution in [0.2, 0.25) is 5.02 Å². The van der Waals surface area contributed by atoms with Crippen molar-refractivity contribution >= 4 is 29.2 Å². The second-order valence-corrected chi connectivity index (χ2v) is 7.72. The zero-order valence-corrected chi connectivity index (χ0v) is 18.5. The number of benzene rings is 2. The summed E-state index contributed by atoms with van der Waals surface area (Å²) in [6, 6.07) is 9.90. The summed E-state index contributed by atoms with van der Waals surface area (Å²) >= 11 is 6.09. The Kier molecular flexibility index (Phi) is 7.76. The molecule has 2 aromatic carbocycles. The van der Waals surface area contributed by atoms with Gasteiger partial charge in [0.2, 0.25) is 0 Å². The van der Waals surface area contributed by atoms with Crippen LogP contribution in [0, 0.1) is 6.92 Å². The Morgan fingerprint density at radius 3 is 2.65 bits per heavy atom. The van der Waals surface area contributed by atoms with E-state index in [0.29, 0.717) is 34.4 Å². The lowest BCUT2D eigenvalue weighted by Gasteiger charge is -2.16. The van der Waals surface area contributed by atoms with Crippen LogP contribution in [-0.2, 0) is 14.3 Å². The molecule has 2 unspecified atom stereocenters. The zero-order valence-electron chi connectivity index (χ0n) is 17.8. The van der Waals surface area contributed by atoms with E-state index in [1.165, 1.54) is 14.0 Å². The van der Waals surface area contributed by atoms with Crippen molar-refractivity contribution in [3.05, 3.63) is 52.5 Å². The van der Waals surface area contributed by atoms with Gasteiger partial charge in [-0.1, -0.05) is 11.6 Å². The third-order valence-electron chi connectivity index (χ3n) is 4.94. The van der Waals surface area contributed by atoms with Crippen LogP contribution >= 0.6 is 11.6 Å². The SMILES string of the molecule is COc1cc(Cl)c(C)cc1NC(=O)C(C)OC(=O)c1ccc(OCC2CCCO2)cc1. The van der Waals surface area contributed by atoms with E-state index in [2.05, 4.69) is 5.32 Å². The van der Waals surface area contributed by atoms with Gasteiger partial charge in [-0.3, -0.25) is 4.79 Å². The third-order valence-corrected chi connectivity index (χ3v) is 5.35. The number of halogens is 1. The first kappa shape index (κ1) is 22.9. The summed E-state index contributed by atoms with van der Waals surface area (Å²) in [5, 5.41) is 3.23. The molecule has 1 saturated heterocycles. The second-order valence-electron chi connectivity index (χ2n) is 7.31. The van der Waals surface area contributed by atoms with Crippen LogP contribution in [-0.4, -0.2) is 44.4 Å². The van der Waals surface area contributed by atoms with Crippen molar-refractivity contribution in [2.75, 3.05) is 25.6 Å². The minimum atomic E-state index is -1.01. The standard InChI is InChI=1S/C23H26ClNO6/c1-14-11-20(21(28-3)12-19(14)24)25-22(26)15(2)31-23(27)16-6-8-17(9-7-16)30-13-18-5-4-10-29-18/h6-9,11-12,15,18H,4-5,10,13H2,1-3H3,(H,25,26). The largest absolute Gasteiger partial charge is 0.495 e. The fourth-order valence-electron chi connectivity index (χ4n) is 3.10. The zero-order chi connectivity index (χ0) is 22.4. The van der Waals surface area contributed by atoms with Crippen molar-refractivity contribution in [1.82, 2.24) is 0 Å². The van der Waals surface area contributed by atoms with Crippen molar-refractivity contribution in [1.29, 1.82) is 0 Å². The topological polar surface area (TPSA) is 83.1 Å².